The van der Waals surface area contributed by atoms with Gasteiger partial charge in [0.2, 0.25) is 0 Å². The maximum atomic E-state index is 6.18. The summed E-state index contributed by atoms with van der Waals surface area (Å²) in [5.74, 6) is 1.29. The first-order chi connectivity index (χ1) is 10.3. The second kappa shape index (κ2) is 6.21. The number of rotatable bonds is 3. The van der Waals surface area contributed by atoms with Crippen LogP contribution in [0, 0.1) is 0 Å². The van der Waals surface area contributed by atoms with Crippen LogP contribution in [0.3, 0.4) is 0 Å². The van der Waals surface area contributed by atoms with Crippen LogP contribution >= 0.6 is 23.2 Å². The topological polar surface area (TPSA) is 9.23 Å². The first-order valence-electron chi connectivity index (χ1n) is 6.52. The molecule has 0 aliphatic heterocycles. The molecule has 1 nitrogen and oxygen atoms in total. The van der Waals surface area contributed by atoms with Crippen LogP contribution in [0.5, 0.6) is 11.5 Å². The Balaban J connectivity index is 2.02. The van der Waals surface area contributed by atoms with E-state index >= 15 is 0 Å². The Hall–Kier alpha value is -1.96. The van der Waals surface area contributed by atoms with E-state index in [-0.39, 0.29) is 0 Å². The van der Waals surface area contributed by atoms with Gasteiger partial charge in [-0.15, -0.1) is 0 Å². The number of halogens is 2. The quantitative estimate of drug-likeness (QED) is 0.539. The highest BCUT2D eigenvalue weighted by Crippen LogP contribution is 2.38. The zero-order chi connectivity index (χ0) is 14.7. The van der Waals surface area contributed by atoms with Gasteiger partial charge < -0.3 is 4.74 Å². The fourth-order valence-electron chi connectivity index (χ4n) is 2.09. The van der Waals surface area contributed by atoms with Crippen LogP contribution in [0.25, 0.3) is 11.1 Å². The van der Waals surface area contributed by atoms with Crippen molar-refractivity contribution in [3.05, 3.63) is 82.8 Å². The monoisotopic (exact) mass is 314 g/mol. The molecule has 21 heavy (non-hydrogen) atoms. The molecule has 0 saturated carbocycles. The van der Waals surface area contributed by atoms with Gasteiger partial charge in [0.25, 0.3) is 0 Å². The van der Waals surface area contributed by atoms with Gasteiger partial charge in [-0.25, -0.2) is 0 Å². The van der Waals surface area contributed by atoms with E-state index in [1.807, 2.05) is 60.7 Å². The van der Waals surface area contributed by atoms with Gasteiger partial charge in [0.05, 0.1) is 5.02 Å². The van der Waals surface area contributed by atoms with Crippen molar-refractivity contribution in [3.63, 3.8) is 0 Å². The summed E-state index contributed by atoms with van der Waals surface area (Å²) in [4.78, 5) is 0. The molecule has 0 aliphatic carbocycles. The van der Waals surface area contributed by atoms with E-state index in [1.165, 1.54) is 0 Å². The van der Waals surface area contributed by atoms with E-state index in [0.29, 0.717) is 15.8 Å². The van der Waals surface area contributed by atoms with Gasteiger partial charge in [-0.1, -0.05) is 77.8 Å². The molecule has 0 bridgehead atoms. The number of para-hydroxylation sites is 1. The van der Waals surface area contributed by atoms with Crippen LogP contribution in [-0.2, 0) is 0 Å². The lowest BCUT2D eigenvalue weighted by molar-refractivity contribution is 0.485. The van der Waals surface area contributed by atoms with Crippen LogP contribution in [0.1, 0.15) is 0 Å². The second-order valence-corrected chi connectivity index (χ2v) is 5.30. The molecular weight excluding hydrogens is 303 g/mol. The zero-order valence-corrected chi connectivity index (χ0v) is 12.6. The summed E-state index contributed by atoms with van der Waals surface area (Å²) in [7, 11) is 0. The normalized spacial score (nSPS) is 10.4. The molecule has 0 heterocycles. The Morgan fingerprint density at radius 3 is 2.10 bits per heavy atom. The lowest BCUT2D eigenvalue weighted by Gasteiger charge is -2.12. The van der Waals surface area contributed by atoms with Gasteiger partial charge in [0.15, 0.2) is 0 Å². The highest BCUT2D eigenvalue weighted by Gasteiger charge is 2.10. The molecule has 0 fully saturated rings. The minimum absolute atomic E-state index is 0.419. The molecule has 0 aromatic heterocycles. The van der Waals surface area contributed by atoms with Gasteiger partial charge in [0, 0.05) is 5.56 Å². The third kappa shape index (κ3) is 3.05. The fourth-order valence-corrected chi connectivity index (χ4v) is 2.42. The average molecular weight is 315 g/mol. The summed E-state index contributed by atoms with van der Waals surface area (Å²) in [6.07, 6.45) is 0. The van der Waals surface area contributed by atoms with E-state index in [0.717, 1.165) is 16.9 Å². The highest BCUT2D eigenvalue weighted by atomic mass is 35.5. The Bertz CT molecular complexity index is 754. The van der Waals surface area contributed by atoms with E-state index in [9.17, 15) is 0 Å². The summed E-state index contributed by atoms with van der Waals surface area (Å²) in [6.45, 7) is 0. The van der Waals surface area contributed by atoms with Crippen molar-refractivity contribution in [3.8, 4) is 22.6 Å². The summed E-state index contributed by atoms with van der Waals surface area (Å²) in [5, 5.41) is 0.897. The lowest BCUT2D eigenvalue weighted by atomic mass is 10.1. The van der Waals surface area contributed by atoms with Gasteiger partial charge in [0.1, 0.15) is 16.5 Å². The number of benzene rings is 3. The van der Waals surface area contributed by atoms with Crippen molar-refractivity contribution in [2.45, 2.75) is 0 Å². The molecule has 3 aromatic rings. The summed E-state index contributed by atoms with van der Waals surface area (Å²) in [6, 6.07) is 23.3. The van der Waals surface area contributed by atoms with Crippen molar-refractivity contribution in [1.82, 2.24) is 0 Å². The van der Waals surface area contributed by atoms with Crippen molar-refractivity contribution in [2.24, 2.45) is 0 Å². The average Bonchev–Trinajstić information content (AvgIpc) is 2.53. The summed E-state index contributed by atoms with van der Waals surface area (Å²) < 4.78 is 5.96. The van der Waals surface area contributed by atoms with Gasteiger partial charge in [-0.3, -0.25) is 0 Å². The molecule has 3 aromatic carbocycles. The van der Waals surface area contributed by atoms with E-state index in [4.69, 9.17) is 27.9 Å². The van der Waals surface area contributed by atoms with Crippen molar-refractivity contribution < 1.29 is 4.74 Å². The molecule has 3 heteroatoms. The van der Waals surface area contributed by atoms with Crippen LogP contribution in [-0.4, -0.2) is 0 Å². The smallest absolute Gasteiger partial charge is 0.147 e. The number of ether oxygens (including phenoxy) is 1. The maximum Gasteiger partial charge on any atom is 0.147 e. The Morgan fingerprint density at radius 2 is 1.29 bits per heavy atom. The highest BCUT2D eigenvalue weighted by molar-refractivity contribution is 6.42. The van der Waals surface area contributed by atoms with Gasteiger partial charge >= 0.3 is 0 Å². The van der Waals surface area contributed by atoms with Crippen LogP contribution < -0.4 is 4.74 Å². The predicted molar refractivity (Wildman–Crippen MR) is 88.4 cm³/mol. The van der Waals surface area contributed by atoms with Gasteiger partial charge in [-0.2, -0.15) is 0 Å². The molecule has 0 radical (unpaired) electrons. The first-order valence-corrected chi connectivity index (χ1v) is 7.27. The molecule has 0 N–H and O–H groups in total. The molecule has 104 valence electrons. The minimum Gasteiger partial charge on any atom is -0.455 e. The Morgan fingerprint density at radius 1 is 0.619 bits per heavy atom. The molecule has 3 rings (SSSR count). The molecule has 0 amide bonds. The SMILES string of the molecule is Clc1cccc(Oc2ccccc2-c2ccccc2)c1Cl. The molecule has 0 unspecified atom stereocenters. The Labute approximate surface area is 133 Å². The molecule has 0 saturated heterocycles. The lowest BCUT2D eigenvalue weighted by Crippen LogP contribution is -1.89. The third-order valence-corrected chi connectivity index (χ3v) is 3.91. The van der Waals surface area contributed by atoms with Crippen molar-refractivity contribution >= 4 is 23.2 Å². The van der Waals surface area contributed by atoms with Crippen LogP contribution in [0.15, 0.2) is 72.8 Å². The van der Waals surface area contributed by atoms with E-state index in [2.05, 4.69) is 0 Å². The minimum atomic E-state index is 0.419. The van der Waals surface area contributed by atoms with E-state index < -0.39 is 0 Å². The first kappa shape index (κ1) is 14.0. The zero-order valence-electron chi connectivity index (χ0n) is 11.1. The predicted octanol–water partition coefficient (Wildman–Crippen LogP) is 6.45. The van der Waals surface area contributed by atoms with E-state index in [1.54, 1.807) is 12.1 Å². The molecule has 0 spiro atoms. The van der Waals surface area contributed by atoms with Crippen molar-refractivity contribution in [2.75, 3.05) is 0 Å². The largest absolute Gasteiger partial charge is 0.455 e. The summed E-state index contributed by atoms with van der Waals surface area (Å²) >= 11 is 12.2. The van der Waals surface area contributed by atoms with Crippen LogP contribution in [0.2, 0.25) is 10.0 Å². The second-order valence-electron chi connectivity index (χ2n) is 4.52. The molecule has 0 aliphatic rings. The third-order valence-electron chi connectivity index (χ3n) is 3.11. The maximum absolute atomic E-state index is 6.18. The standard InChI is InChI=1S/C18H12Cl2O/c19-15-10-6-12-17(18(15)20)21-16-11-5-4-9-14(16)13-7-2-1-3-8-13/h1-12H. The molecular formula is C18H12Cl2O. The van der Waals surface area contributed by atoms with Crippen LogP contribution in [0.4, 0.5) is 0 Å². The van der Waals surface area contributed by atoms with Gasteiger partial charge in [-0.05, 0) is 23.8 Å². The fraction of sp³-hybridized carbons (Fsp3) is 0. The Kier molecular flexibility index (Phi) is 4.14. The van der Waals surface area contributed by atoms with Crippen molar-refractivity contribution in [1.29, 1.82) is 0 Å². The summed E-state index contributed by atoms with van der Waals surface area (Å²) in [5.41, 5.74) is 2.10. The molecule has 0 atom stereocenters. The number of hydrogen-bond donors (Lipinski definition) is 0. The number of hydrogen-bond acceptors (Lipinski definition) is 1.